The third-order valence-electron chi connectivity index (χ3n) is 3.39. The number of aliphatic hydroxyl groups excluding tert-OH is 2. The van der Waals surface area contributed by atoms with E-state index in [0.717, 1.165) is 4.90 Å². The highest BCUT2D eigenvalue weighted by molar-refractivity contribution is 7.99. The van der Waals surface area contributed by atoms with Crippen molar-refractivity contribution in [1.29, 1.82) is 0 Å². The number of hydrogen-bond donors (Lipinski definition) is 2. The predicted molar refractivity (Wildman–Crippen MR) is 85.2 cm³/mol. The fourth-order valence-corrected chi connectivity index (χ4v) is 3.38. The Bertz CT molecular complexity index is 565. The summed E-state index contributed by atoms with van der Waals surface area (Å²) in [5.74, 6) is -1.15. The average molecular weight is 356 g/mol. The largest absolute Gasteiger partial charge is 0.463 e. The molecule has 2 rings (SSSR count). The van der Waals surface area contributed by atoms with Crippen LogP contribution in [0.15, 0.2) is 35.2 Å². The lowest BCUT2D eigenvalue weighted by Gasteiger charge is -2.41. The fraction of sp³-hybridized carbons (Fsp3) is 0.500. The maximum Gasteiger partial charge on any atom is 0.303 e. The van der Waals surface area contributed by atoms with Gasteiger partial charge < -0.3 is 24.4 Å². The summed E-state index contributed by atoms with van der Waals surface area (Å²) in [5.41, 5.74) is -0.791. The zero-order chi connectivity index (χ0) is 17.7. The van der Waals surface area contributed by atoms with E-state index in [2.05, 4.69) is 0 Å². The van der Waals surface area contributed by atoms with Gasteiger partial charge in [0.25, 0.3) is 0 Å². The monoisotopic (exact) mass is 356 g/mol. The van der Waals surface area contributed by atoms with Crippen molar-refractivity contribution in [2.75, 3.05) is 6.61 Å². The van der Waals surface area contributed by atoms with E-state index in [9.17, 15) is 19.8 Å². The molecule has 0 radical (unpaired) electrons. The number of hydrogen-bond acceptors (Lipinski definition) is 8. The maximum atomic E-state index is 11.3. The summed E-state index contributed by atoms with van der Waals surface area (Å²) in [6.45, 7) is 2.23. The Hall–Kier alpha value is -1.61. The highest BCUT2D eigenvalue weighted by Gasteiger charge is 2.47. The van der Waals surface area contributed by atoms with Gasteiger partial charge in [-0.2, -0.15) is 0 Å². The minimum atomic E-state index is -1.31. The van der Waals surface area contributed by atoms with Gasteiger partial charge in [0.15, 0.2) is 6.10 Å². The number of esters is 2. The van der Waals surface area contributed by atoms with Gasteiger partial charge in [0.05, 0.1) is 0 Å². The Balaban J connectivity index is 2.15. The molecule has 0 amide bonds. The lowest BCUT2D eigenvalue weighted by atomic mass is 10.00. The van der Waals surface area contributed by atoms with Gasteiger partial charge in [0.2, 0.25) is 0 Å². The van der Waals surface area contributed by atoms with E-state index < -0.39 is 41.8 Å². The van der Waals surface area contributed by atoms with Gasteiger partial charge in [-0.1, -0.05) is 30.0 Å². The topological polar surface area (TPSA) is 102 Å². The minimum Gasteiger partial charge on any atom is -0.463 e. The average Bonchev–Trinajstić information content (AvgIpc) is 2.53. The predicted octanol–water partition coefficient (Wildman–Crippen LogP) is 0.720. The van der Waals surface area contributed by atoms with Crippen molar-refractivity contribution < 1.29 is 34.0 Å². The van der Waals surface area contributed by atoms with Crippen molar-refractivity contribution >= 4 is 23.7 Å². The number of carbonyl (C=O) groups excluding carboxylic acids is 2. The van der Waals surface area contributed by atoms with Crippen molar-refractivity contribution in [3.63, 3.8) is 0 Å². The van der Waals surface area contributed by atoms with Crippen LogP contribution in [0, 0.1) is 0 Å². The molecule has 1 heterocycles. The minimum absolute atomic E-state index is 0.202. The fourth-order valence-electron chi connectivity index (χ4n) is 2.30. The second-order valence-corrected chi connectivity index (χ2v) is 6.50. The highest BCUT2D eigenvalue weighted by atomic mass is 32.2. The summed E-state index contributed by atoms with van der Waals surface area (Å²) in [6.07, 6.45) is -4.63. The zero-order valence-electron chi connectivity index (χ0n) is 13.3. The van der Waals surface area contributed by atoms with E-state index in [0.29, 0.717) is 0 Å². The molecule has 0 spiro atoms. The quantitative estimate of drug-likeness (QED) is 0.744. The van der Waals surface area contributed by atoms with Crippen molar-refractivity contribution in [2.24, 2.45) is 0 Å². The standard InChI is InChI=1S/C16H20O7S/c1-9(17)21-8-12-13(19)15(22-10(2)18)14(20)16(23-12)24-11-6-4-3-5-7-11/h3-7,12-16,19-20H,8H2,1-2H3/t12-,13-,14-,15-,16+/m1/s1. The van der Waals surface area contributed by atoms with Crippen molar-refractivity contribution in [3.8, 4) is 0 Å². The van der Waals surface area contributed by atoms with Crippen LogP contribution < -0.4 is 0 Å². The Kier molecular flexibility index (Phi) is 6.61. The van der Waals surface area contributed by atoms with Crippen LogP contribution in [-0.2, 0) is 23.8 Å². The molecule has 0 unspecified atom stereocenters. The molecule has 7 nitrogen and oxygen atoms in total. The van der Waals surface area contributed by atoms with Crippen LogP contribution >= 0.6 is 11.8 Å². The van der Waals surface area contributed by atoms with Gasteiger partial charge in [-0.3, -0.25) is 9.59 Å². The van der Waals surface area contributed by atoms with E-state index in [1.165, 1.54) is 25.6 Å². The molecular weight excluding hydrogens is 336 g/mol. The second-order valence-electron chi connectivity index (χ2n) is 5.33. The molecule has 0 saturated carbocycles. The molecule has 24 heavy (non-hydrogen) atoms. The number of rotatable bonds is 5. The molecule has 132 valence electrons. The summed E-state index contributed by atoms with van der Waals surface area (Å²) in [7, 11) is 0. The molecule has 1 aromatic carbocycles. The molecule has 8 heteroatoms. The summed E-state index contributed by atoms with van der Waals surface area (Å²) in [6, 6.07) is 9.22. The van der Waals surface area contributed by atoms with Crippen LogP contribution in [0.5, 0.6) is 0 Å². The molecule has 1 aromatic rings. The lowest BCUT2D eigenvalue weighted by molar-refractivity contribution is -0.222. The van der Waals surface area contributed by atoms with Crippen LogP contribution in [0.1, 0.15) is 13.8 Å². The first-order valence-corrected chi connectivity index (χ1v) is 8.30. The van der Waals surface area contributed by atoms with Crippen LogP contribution in [0.3, 0.4) is 0 Å². The van der Waals surface area contributed by atoms with Gasteiger partial charge in [-0.25, -0.2) is 0 Å². The van der Waals surface area contributed by atoms with Gasteiger partial charge in [-0.15, -0.1) is 0 Å². The molecule has 0 aromatic heterocycles. The summed E-state index contributed by atoms with van der Waals surface area (Å²) in [5, 5.41) is 20.7. The third-order valence-corrected chi connectivity index (χ3v) is 4.56. The second kappa shape index (κ2) is 8.48. The molecule has 2 N–H and O–H groups in total. The molecule has 5 atom stereocenters. The SMILES string of the molecule is CC(=O)OC[C@H]1O[C@@H](Sc2ccccc2)[C@H](O)[C@H](OC(C)=O)[C@@H]1O. The van der Waals surface area contributed by atoms with Crippen molar-refractivity contribution in [2.45, 2.75) is 48.6 Å². The number of thioether (sulfide) groups is 1. The first-order chi connectivity index (χ1) is 11.4. The molecular formula is C16H20O7S. The molecule has 1 aliphatic heterocycles. The first-order valence-electron chi connectivity index (χ1n) is 7.42. The molecule has 0 aliphatic carbocycles. The molecule has 1 fully saturated rings. The van der Waals surface area contributed by atoms with Crippen LogP contribution in [0.4, 0.5) is 0 Å². The van der Waals surface area contributed by atoms with E-state index >= 15 is 0 Å². The van der Waals surface area contributed by atoms with Gasteiger partial charge in [-0.05, 0) is 12.1 Å². The molecule has 0 bridgehead atoms. The smallest absolute Gasteiger partial charge is 0.303 e. The molecule has 1 aliphatic rings. The maximum absolute atomic E-state index is 11.3. The van der Waals surface area contributed by atoms with Gasteiger partial charge >= 0.3 is 11.9 Å². The van der Waals surface area contributed by atoms with Crippen LogP contribution in [0.2, 0.25) is 0 Å². The third kappa shape index (κ3) is 4.94. The number of carbonyl (C=O) groups is 2. The Morgan fingerprint density at radius 3 is 2.38 bits per heavy atom. The highest BCUT2D eigenvalue weighted by Crippen LogP contribution is 2.34. The number of ether oxygens (including phenoxy) is 3. The normalized spacial score (nSPS) is 29.8. The summed E-state index contributed by atoms with van der Waals surface area (Å²) in [4.78, 5) is 23.1. The van der Waals surface area contributed by atoms with E-state index in [4.69, 9.17) is 14.2 Å². The van der Waals surface area contributed by atoms with Crippen molar-refractivity contribution in [1.82, 2.24) is 0 Å². The Morgan fingerprint density at radius 1 is 1.12 bits per heavy atom. The zero-order valence-corrected chi connectivity index (χ0v) is 14.1. The lowest BCUT2D eigenvalue weighted by Crippen LogP contribution is -2.59. The van der Waals surface area contributed by atoms with Crippen LogP contribution in [-0.4, -0.2) is 58.6 Å². The Labute approximate surface area is 143 Å². The van der Waals surface area contributed by atoms with Gasteiger partial charge in [0, 0.05) is 18.7 Å². The summed E-state index contributed by atoms with van der Waals surface area (Å²) < 4.78 is 15.6. The van der Waals surface area contributed by atoms with Crippen molar-refractivity contribution in [3.05, 3.63) is 30.3 Å². The van der Waals surface area contributed by atoms with E-state index in [1.54, 1.807) is 0 Å². The van der Waals surface area contributed by atoms with E-state index in [1.807, 2.05) is 30.3 Å². The van der Waals surface area contributed by atoms with E-state index in [-0.39, 0.29) is 6.61 Å². The van der Waals surface area contributed by atoms with Crippen LogP contribution in [0.25, 0.3) is 0 Å². The first kappa shape index (κ1) is 18.7. The molecule has 1 saturated heterocycles. The summed E-state index contributed by atoms with van der Waals surface area (Å²) >= 11 is 1.23. The van der Waals surface area contributed by atoms with Gasteiger partial charge in [0.1, 0.15) is 30.4 Å². The Morgan fingerprint density at radius 2 is 1.79 bits per heavy atom. The number of benzene rings is 1. The number of aliphatic hydroxyl groups is 2.